The average Bonchev–Trinajstić information content (AvgIpc) is 3.26. The third-order valence-corrected chi connectivity index (χ3v) is 5.94. The van der Waals surface area contributed by atoms with E-state index in [1.807, 2.05) is 12.1 Å². The quantitative estimate of drug-likeness (QED) is 0.580. The summed E-state index contributed by atoms with van der Waals surface area (Å²) in [5, 5.41) is 5.97. The normalized spacial score (nSPS) is 26.7. The van der Waals surface area contributed by atoms with Gasteiger partial charge < -0.3 is 4.74 Å². The molecule has 0 spiro atoms. The molecule has 3 aliphatic rings. The van der Waals surface area contributed by atoms with Crippen LogP contribution in [0, 0.1) is 11.8 Å². The molecule has 30 heavy (non-hydrogen) atoms. The summed E-state index contributed by atoms with van der Waals surface area (Å²) < 4.78 is 5.37. The van der Waals surface area contributed by atoms with Crippen molar-refractivity contribution in [1.29, 1.82) is 0 Å². The number of hydrogen-bond donors (Lipinski definition) is 0. The van der Waals surface area contributed by atoms with Gasteiger partial charge in [0.2, 0.25) is 11.8 Å². The standard InChI is InChI=1S/C23H19N3O4/c1-30-17-12-6-5-10-15(17)25-22(28)18-16-11-7-13-24-26(16)20(19(18)23(25)29)21(27)14-8-3-2-4-9-14/h2-13,16,18-20H,1H3/t16-,18+,19+,20-/m1/s1. The maximum absolute atomic E-state index is 13.6. The molecule has 150 valence electrons. The van der Waals surface area contributed by atoms with Crippen LogP contribution in [0.2, 0.25) is 0 Å². The van der Waals surface area contributed by atoms with Crippen LogP contribution in [0.1, 0.15) is 10.4 Å². The Bertz CT molecular complexity index is 1090. The molecule has 7 heteroatoms. The first-order valence-electron chi connectivity index (χ1n) is 9.72. The second-order valence-electron chi connectivity index (χ2n) is 7.43. The number of hydrazone groups is 1. The lowest BCUT2D eigenvalue weighted by Gasteiger charge is -2.30. The van der Waals surface area contributed by atoms with Gasteiger partial charge in [0.1, 0.15) is 11.8 Å². The third kappa shape index (κ3) is 2.51. The molecular formula is C23H19N3O4. The smallest absolute Gasteiger partial charge is 0.240 e. The Morgan fingerprint density at radius 2 is 1.67 bits per heavy atom. The van der Waals surface area contributed by atoms with Gasteiger partial charge in [0.25, 0.3) is 0 Å². The third-order valence-electron chi connectivity index (χ3n) is 5.94. The number of ether oxygens (including phenoxy) is 1. The predicted molar refractivity (Wildman–Crippen MR) is 110 cm³/mol. The van der Waals surface area contributed by atoms with Gasteiger partial charge in [-0.2, -0.15) is 5.10 Å². The maximum atomic E-state index is 13.6. The van der Waals surface area contributed by atoms with Crippen LogP contribution in [0.5, 0.6) is 5.75 Å². The molecule has 0 unspecified atom stereocenters. The van der Waals surface area contributed by atoms with Crippen molar-refractivity contribution in [2.45, 2.75) is 12.1 Å². The molecule has 2 saturated heterocycles. The number of anilines is 1. The van der Waals surface area contributed by atoms with E-state index in [4.69, 9.17) is 4.74 Å². The van der Waals surface area contributed by atoms with Gasteiger partial charge in [0, 0.05) is 11.8 Å². The minimum atomic E-state index is -0.847. The van der Waals surface area contributed by atoms with Crippen molar-refractivity contribution < 1.29 is 19.1 Å². The molecule has 0 N–H and O–H groups in total. The van der Waals surface area contributed by atoms with E-state index >= 15 is 0 Å². The number of carbonyl (C=O) groups excluding carboxylic acids is 3. The van der Waals surface area contributed by atoms with E-state index in [0.717, 1.165) is 0 Å². The Hall–Kier alpha value is -3.74. The number of Topliss-reactive ketones (excluding diaryl/α,β-unsaturated/α-hetero) is 1. The molecule has 0 saturated carbocycles. The Labute approximate surface area is 173 Å². The minimum Gasteiger partial charge on any atom is -0.495 e. The number of methoxy groups -OCH3 is 1. The van der Waals surface area contributed by atoms with E-state index in [-0.39, 0.29) is 11.7 Å². The van der Waals surface area contributed by atoms with Crippen molar-refractivity contribution in [2.75, 3.05) is 12.0 Å². The highest BCUT2D eigenvalue weighted by atomic mass is 16.5. The molecule has 5 rings (SSSR count). The topological polar surface area (TPSA) is 79.3 Å². The number of benzene rings is 2. The van der Waals surface area contributed by atoms with Gasteiger partial charge in [-0.1, -0.05) is 48.5 Å². The summed E-state index contributed by atoms with van der Waals surface area (Å²) in [5.74, 6) is -2.03. The molecule has 7 nitrogen and oxygen atoms in total. The molecule has 4 atom stereocenters. The van der Waals surface area contributed by atoms with E-state index in [1.54, 1.807) is 65.8 Å². The zero-order chi connectivity index (χ0) is 20.8. The lowest BCUT2D eigenvalue weighted by atomic mass is 9.86. The number of fused-ring (bicyclic) bond motifs is 3. The first-order valence-corrected chi connectivity index (χ1v) is 9.72. The van der Waals surface area contributed by atoms with Crippen molar-refractivity contribution >= 4 is 29.5 Å². The van der Waals surface area contributed by atoms with Crippen LogP contribution in [0.15, 0.2) is 71.9 Å². The van der Waals surface area contributed by atoms with Gasteiger partial charge in [0.15, 0.2) is 5.78 Å². The number of carbonyl (C=O) groups is 3. The van der Waals surface area contributed by atoms with E-state index in [2.05, 4.69) is 5.10 Å². The number of para-hydroxylation sites is 2. The van der Waals surface area contributed by atoms with Gasteiger partial charge >= 0.3 is 0 Å². The van der Waals surface area contributed by atoms with Gasteiger partial charge in [-0.05, 0) is 18.2 Å². The van der Waals surface area contributed by atoms with Crippen molar-refractivity contribution in [3.05, 3.63) is 72.3 Å². The number of hydrogen-bond acceptors (Lipinski definition) is 6. The first-order chi connectivity index (χ1) is 14.6. The lowest BCUT2D eigenvalue weighted by Crippen LogP contribution is -2.46. The number of imide groups is 1. The van der Waals surface area contributed by atoms with Crippen molar-refractivity contribution in [1.82, 2.24) is 5.01 Å². The molecule has 2 aromatic carbocycles. The van der Waals surface area contributed by atoms with Crippen LogP contribution < -0.4 is 9.64 Å². The van der Waals surface area contributed by atoms with Crippen LogP contribution in [0.4, 0.5) is 5.69 Å². The molecule has 0 aromatic heterocycles. The average molecular weight is 401 g/mol. The maximum Gasteiger partial charge on any atom is 0.240 e. The number of rotatable bonds is 4. The highest BCUT2D eigenvalue weighted by Gasteiger charge is 2.64. The highest BCUT2D eigenvalue weighted by Crippen LogP contribution is 2.47. The van der Waals surface area contributed by atoms with Crippen molar-refractivity contribution in [3.8, 4) is 5.75 Å². The minimum absolute atomic E-state index is 0.219. The summed E-state index contributed by atoms with van der Waals surface area (Å²) in [5.41, 5.74) is 0.882. The molecule has 3 heterocycles. The monoisotopic (exact) mass is 401 g/mol. The van der Waals surface area contributed by atoms with Crippen molar-refractivity contribution in [2.24, 2.45) is 16.9 Å². The second kappa shape index (κ2) is 6.95. The van der Waals surface area contributed by atoms with E-state index in [1.165, 1.54) is 12.0 Å². The van der Waals surface area contributed by atoms with Gasteiger partial charge in [-0.3, -0.25) is 19.4 Å². The first kappa shape index (κ1) is 18.3. The zero-order valence-electron chi connectivity index (χ0n) is 16.2. The number of nitrogens with zero attached hydrogens (tertiary/aromatic N) is 3. The Morgan fingerprint density at radius 1 is 0.967 bits per heavy atom. The lowest BCUT2D eigenvalue weighted by molar-refractivity contribution is -0.123. The van der Waals surface area contributed by atoms with Crippen LogP contribution in [0.25, 0.3) is 0 Å². The summed E-state index contributed by atoms with van der Waals surface area (Å²) in [6, 6.07) is 14.4. The molecule has 2 fully saturated rings. The van der Waals surface area contributed by atoms with Crippen LogP contribution in [-0.2, 0) is 9.59 Å². The van der Waals surface area contributed by atoms with Crippen LogP contribution in [0.3, 0.4) is 0 Å². The van der Waals surface area contributed by atoms with Gasteiger partial charge in [-0.25, -0.2) is 4.90 Å². The van der Waals surface area contributed by atoms with E-state index < -0.39 is 29.8 Å². The Morgan fingerprint density at radius 3 is 2.43 bits per heavy atom. The Kier molecular flexibility index (Phi) is 4.24. The van der Waals surface area contributed by atoms with Crippen LogP contribution in [-0.4, -0.2) is 48.0 Å². The summed E-state index contributed by atoms with van der Waals surface area (Å²) in [6.45, 7) is 0. The SMILES string of the molecule is COc1ccccc1N1C(=O)[C@@H]2[C@H](C1=O)[C@H](C(=O)c1ccccc1)N1N=CC=C[C@H]21. The number of amides is 2. The van der Waals surface area contributed by atoms with Crippen LogP contribution >= 0.6 is 0 Å². The fourth-order valence-corrected chi connectivity index (χ4v) is 4.66. The van der Waals surface area contributed by atoms with Gasteiger partial charge in [-0.15, -0.1) is 0 Å². The molecule has 2 aromatic rings. The van der Waals surface area contributed by atoms with Crippen molar-refractivity contribution in [3.63, 3.8) is 0 Å². The molecule has 0 aliphatic carbocycles. The summed E-state index contributed by atoms with van der Waals surface area (Å²) in [7, 11) is 1.49. The highest BCUT2D eigenvalue weighted by molar-refractivity contribution is 6.25. The second-order valence-corrected chi connectivity index (χ2v) is 7.43. The molecular weight excluding hydrogens is 382 g/mol. The Balaban J connectivity index is 1.60. The fraction of sp³-hybridized carbons (Fsp3) is 0.217. The fourth-order valence-electron chi connectivity index (χ4n) is 4.66. The zero-order valence-corrected chi connectivity index (χ0v) is 16.2. The summed E-state index contributed by atoms with van der Waals surface area (Å²) in [4.78, 5) is 41.6. The van der Waals surface area contributed by atoms with E-state index in [0.29, 0.717) is 17.0 Å². The number of allylic oxidation sites excluding steroid dienone is 1. The predicted octanol–water partition coefficient (Wildman–Crippen LogP) is 2.29. The largest absolute Gasteiger partial charge is 0.495 e. The molecule has 0 bridgehead atoms. The summed E-state index contributed by atoms with van der Waals surface area (Å²) >= 11 is 0. The van der Waals surface area contributed by atoms with Gasteiger partial charge in [0.05, 0.1) is 30.7 Å². The molecule has 0 radical (unpaired) electrons. The number of ketones is 1. The summed E-state index contributed by atoms with van der Waals surface area (Å²) in [6.07, 6.45) is 5.16. The molecule has 3 aliphatic heterocycles. The molecule has 2 amide bonds. The van der Waals surface area contributed by atoms with E-state index in [9.17, 15) is 14.4 Å².